The monoisotopic (exact) mass is 815 g/mol. The van der Waals surface area contributed by atoms with E-state index in [1.165, 1.54) is 54.3 Å². The predicted molar refractivity (Wildman–Crippen MR) is 265 cm³/mol. The summed E-state index contributed by atoms with van der Waals surface area (Å²) in [6, 6.07) is 80.0. The van der Waals surface area contributed by atoms with Crippen LogP contribution >= 0.6 is 0 Å². The van der Waals surface area contributed by atoms with E-state index < -0.39 is 0 Å². The molecule has 0 atom stereocenters. The van der Waals surface area contributed by atoms with Gasteiger partial charge in [0.05, 0.1) is 22.1 Å². The first kappa shape index (κ1) is 36.0. The maximum Gasteiger partial charge on any atom is 0.164 e. The van der Waals surface area contributed by atoms with Crippen LogP contribution in [0, 0.1) is 0 Å². The zero-order valence-electron chi connectivity index (χ0n) is 34.6. The molecule has 0 spiro atoms. The van der Waals surface area contributed by atoms with Crippen LogP contribution in [0.15, 0.2) is 224 Å². The quantitative estimate of drug-likeness (QED) is 0.168. The van der Waals surface area contributed by atoms with Gasteiger partial charge in [-0.1, -0.05) is 158 Å². The molecule has 0 saturated heterocycles. The largest absolute Gasteiger partial charge is 0.309 e. The summed E-state index contributed by atoms with van der Waals surface area (Å²) in [5.41, 5.74) is 12.0. The molecule has 10 aromatic carbocycles. The van der Waals surface area contributed by atoms with Gasteiger partial charge >= 0.3 is 0 Å². The van der Waals surface area contributed by atoms with Crippen LogP contribution in [0.5, 0.6) is 0 Å². The van der Waals surface area contributed by atoms with Crippen molar-refractivity contribution in [3.63, 3.8) is 0 Å². The molecule has 3 aromatic heterocycles. The summed E-state index contributed by atoms with van der Waals surface area (Å²) in [5, 5.41) is 9.69. The number of hydrogen-bond donors (Lipinski definition) is 0. The topological polar surface area (TPSA) is 48.5 Å². The fourth-order valence-corrected chi connectivity index (χ4v) is 9.75. The van der Waals surface area contributed by atoms with Crippen LogP contribution in [-0.2, 0) is 0 Å². The summed E-state index contributed by atoms with van der Waals surface area (Å²) in [6.07, 6.45) is 0. The first-order chi connectivity index (χ1) is 31.7. The molecule has 0 fully saturated rings. The van der Waals surface area contributed by atoms with Gasteiger partial charge in [0.25, 0.3) is 0 Å². The van der Waals surface area contributed by atoms with Crippen molar-refractivity contribution in [2.45, 2.75) is 0 Å². The van der Waals surface area contributed by atoms with Gasteiger partial charge in [0.1, 0.15) is 0 Å². The first-order valence-electron chi connectivity index (χ1n) is 21.7. The lowest BCUT2D eigenvalue weighted by Crippen LogP contribution is -2.00. The van der Waals surface area contributed by atoms with Crippen molar-refractivity contribution < 1.29 is 0 Å². The lowest BCUT2D eigenvalue weighted by molar-refractivity contribution is 1.07. The van der Waals surface area contributed by atoms with Crippen molar-refractivity contribution in [3.05, 3.63) is 224 Å². The number of para-hydroxylation sites is 2. The second-order valence-corrected chi connectivity index (χ2v) is 16.4. The van der Waals surface area contributed by atoms with E-state index in [4.69, 9.17) is 15.0 Å². The molecule has 64 heavy (non-hydrogen) atoms. The van der Waals surface area contributed by atoms with Crippen molar-refractivity contribution in [3.8, 4) is 56.7 Å². The highest BCUT2D eigenvalue weighted by molar-refractivity contribution is 6.28. The normalized spacial score (nSPS) is 11.8. The fourth-order valence-electron chi connectivity index (χ4n) is 9.75. The van der Waals surface area contributed by atoms with Crippen molar-refractivity contribution in [2.24, 2.45) is 0 Å². The van der Waals surface area contributed by atoms with E-state index >= 15 is 0 Å². The Morgan fingerprint density at radius 3 is 1.55 bits per heavy atom. The SMILES string of the molecule is c1ccc(-c2nc(-c3ccc(-n4c5ccccc5c5cc6c7c8ccccc8cc(-c8ccccc8)c7n(-c7ccccc7)c6cc54)cc3)nc(-c3ccc4ccccc4c3)n2)cc1. The summed E-state index contributed by atoms with van der Waals surface area (Å²) >= 11 is 0. The molecule has 5 nitrogen and oxygen atoms in total. The summed E-state index contributed by atoms with van der Waals surface area (Å²) in [4.78, 5) is 15.2. The Kier molecular flexibility index (Phi) is 8.15. The minimum atomic E-state index is 0.626. The molecule has 13 rings (SSSR count). The molecule has 0 aliphatic rings. The van der Waals surface area contributed by atoms with Crippen molar-refractivity contribution in [2.75, 3.05) is 0 Å². The number of aromatic nitrogens is 5. The number of benzene rings is 10. The van der Waals surface area contributed by atoms with E-state index in [2.05, 4.69) is 203 Å². The van der Waals surface area contributed by atoms with Gasteiger partial charge in [-0.05, 0) is 93.8 Å². The number of hydrogen-bond acceptors (Lipinski definition) is 3. The molecule has 0 N–H and O–H groups in total. The standard InChI is InChI=1S/C59H37N5/c1-4-17-39(18-5-1)49-35-43-22-12-13-25-47(43)55-51-36-50-48-26-14-15-27-52(48)63(53(50)37-54(51)64(56(49)55)45-23-8-3-9-24-45)46-32-30-41(31-33-46)58-60-57(40-19-6-2-7-20-40)61-59(62-58)44-29-28-38-16-10-11-21-42(38)34-44/h1-37H. The fraction of sp³-hybridized carbons (Fsp3) is 0. The maximum absolute atomic E-state index is 5.11. The predicted octanol–water partition coefficient (Wildman–Crippen LogP) is 15.0. The van der Waals surface area contributed by atoms with Gasteiger partial charge in [0, 0.05) is 55.2 Å². The second kappa shape index (κ2) is 14.5. The minimum Gasteiger partial charge on any atom is -0.309 e. The lowest BCUT2D eigenvalue weighted by atomic mass is 9.96. The summed E-state index contributed by atoms with van der Waals surface area (Å²) in [7, 11) is 0. The van der Waals surface area contributed by atoms with E-state index in [-0.39, 0.29) is 0 Å². The average molecular weight is 816 g/mol. The second-order valence-electron chi connectivity index (χ2n) is 16.4. The first-order valence-corrected chi connectivity index (χ1v) is 21.7. The van der Waals surface area contributed by atoms with Crippen molar-refractivity contribution in [1.82, 2.24) is 24.1 Å². The van der Waals surface area contributed by atoms with E-state index in [9.17, 15) is 0 Å². The van der Waals surface area contributed by atoms with Crippen LogP contribution in [-0.4, -0.2) is 24.1 Å². The molecule has 298 valence electrons. The van der Waals surface area contributed by atoms with Crippen molar-refractivity contribution >= 4 is 65.2 Å². The van der Waals surface area contributed by atoms with Gasteiger partial charge in [-0.2, -0.15) is 0 Å². The highest BCUT2D eigenvalue weighted by Gasteiger charge is 2.23. The van der Waals surface area contributed by atoms with Gasteiger partial charge in [-0.15, -0.1) is 0 Å². The summed E-state index contributed by atoms with van der Waals surface area (Å²) in [6.45, 7) is 0. The zero-order valence-corrected chi connectivity index (χ0v) is 34.6. The molecule has 0 amide bonds. The Balaban J connectivity index is 1.03. The number of nitrogens with zero attached hydrogens (tertiary/aromatic N) is 5. The lowest BCUT2D eigenvalue weighted by Gasteiger charge is -2.13. The molecular formula is C59H37N5. The smallest absolute Gasteiger partial charge is 0.164 e. The summed E-state index contributed by atoms with van der Waals surface area (Å²) < 4.78 is 4.88. The molecule has 0 bridgehead atoms. The van der Waals surface area contributed by atoms with Crippen LogP contribution in [0.1, 0.15) is 0 Å². The van der Waals surface area contributed by atoms with E-state index in [0.29, 0.717) is 17.5 Å². The Morgan fingerprint density at radius 1 is 0.281 bits per heavy atom. The van der Waals surface area contributed by atoms with Gasteiger partial charge in [0.2, 0.25) is 0 Å². The van der Waals surface area contributed by atoms with Crippen LogP contribution in [0.3, 0.4) is 0 Å². The highest BCUT2D eigenvalue weighted by atomic mass is 15.0. The number of rotatable bonds is 6. The average Bonchev–Trinajstić information content (AvgIpc) is 3.88. The van der Waals surface area contributed by atoms with Gasteiger partial charge in [0.15, 0.2) is 17.5 Å². The van der Waals surface area contributed by atoms with Crippen LogP contribution in [0.4, 0.5) is 0 Å². The highest BCUT2D eigenvalue weighted by Crippen LogP contribution is 2.45. The molecule has 0 radical (unpaired) electrons. The molecule has 0 aliphatic heterocycles. The van der Waals surface area contributed by atoms with Crippen LogP contribution in [0.25, 0.3) is 122 Å². The van der Waals surface area contributed by atoms with Crippen LogP contribution < -0.4 is 0 Å². The maximum atomic E-state index is 5.11. The molecule has 13 aromatic rings. The Morgan fingerprint density at radius 2 is 0.812 bits per heavy atom. The Hall–Kier alpha value is -8.67. The van der Waals surface area contributed by atoms with E-state index in [1.54, 1.807) is 0 Å². The third-order valence-electron chi connectivity index (χ3n) is 12.7. The molecule has 0 saturated carbocycles. The molecule has 5 heteroatoms. The van der Waals surface area contributed by atoms with E-state index in [0.717, 1.165) is 50.0 Å². The third kappa shape index (κ3) is 5.75. The number of fused-ring (bicyclic) bond motifs is 9. The third-order valence-corrected chi connectivity index (χ3v) is 12.7. The zero-order chi connectivity index (χ0) is 42.1. The van der Waals surface area contributed by atoms with Gasteiger partial charge in [-0.25, -0.2) is 15.0 Å². The Labute approximate surface area is 368 Å². The van der Waals surface area contributed by atoms with Crippen LogP contribution in [0.2, 0.25) is 0 Å². The molecular weight excluding hydrogens is 779 g/mol. The van der Waals surface area contributed by atoms with Gasteiger partial charge < -0.3 is 9.13 Å². The minimum absolute atomic E-state index is 0.626. The van der Waals surface area contributed by atoms with Gasteiger partial charge in [-0.3, -0.25) is 0 Å². The van der Waals surface area contributed by atoms with Crippen molar-refractivity contribution in [1.29, 1.82) is 0 Å². The molecule has 3 heterocycles. The Bertz CT molecular complexity index is 3930. The molecule has 0 unspecified atom stereocenters. The molecule has 0 aliphatic carbocycles. The van der Waals surface area contributed by atoms with E-state index in [1.807, 2.05) is 30.3 Å². The summed E-state index contributed by atoms with van der Waals surface area (Å²) in [5.74, 6) is 1.91.